The van der Waals surface area contributed by atoms with E-state index in [-0.39, 0.29) is 0 Å². The van der Waals surface area contributed by atoms with Crippen molar-refractivity contribution in [3.05, 3.63) is 0 Å². The van der Waals surface area contributed by atoms with Crippen LogP contribution >= 0.6 is 0 Å². The van der Waals surface area contributed by atoms with E-state index in [0.29, 0.717) is 12.5 Å². The average Bonchev–Trinajstić information content (AvgIpc) is 2.48. The van der Waals surface area contributed by atoms with E-state index in [1.165, 1.54) is 12.8 Å². The molecular weight excluding hydrogens is 176 g/mol. The van der Waals surface area contributed by atoms with Crippen molar-refractivity contribution < 1.29 is 12.9 Å². The third-order valence-corrected chi connectivity index (χ3v) is 2.97. The zero-order valence-electron chi connectivity index (χ0n) is 7.36. The Balaban J connectivity index is 2.15. The standard InChI is InChI=1S/C8H16O3S/c1-2-7-3-4-8(5-7)6-11-12(9)10/h7-8H,2-6H2,1H3,(H,9,10)/t7-,8?/m0/s1. The molecule has 0 heterocycles. The minimum absolute atomic E-state index is 0.444. The van der Waals surface area contributed by atoms with Crippen molar-refractivity contribution in [2.24, 2.45) is 11.8 Å². The Hall–Kier alpha value is 0.0700. The van der Waals surface area contributed by atoms with Gasteiger partial charge in [-0.05, 0) is 24.7 Å². The van der Waals surface area contributed by atoms with Crippen LogP contribution in [-0.2, 0) is 15.5 Å². The third kappa shape index (κ3) is 3.21. The van der Waals surface area contributed by atoms with Gasteiger partial charge in [0.05, 0.1) is 6.61 Å². The van der Waals surface area contributed by atoms with Crippen LogP contribution in [0.25, 0.3) is 0 Å². The van der Waals surface area contributed by atoms with Crippen LogP contribution in [0.15, 0.2) is 0 Å². The molecule has 4 heteroatoms. The molecule has 0 aliphatic heterocycles. The Morgan fingerprint density at radius 3 is 2.67 bits per heavy atom. The van der Waals surface area contributed by atoms with Crippen molar-refractivity contribution in [2.45, 2.75) is 32.6 Å². The largest absolute Gasteiger partial charge is 0.301 e. The Bertz CT molecular complexity index is 160. The van der Waals surface area contributed by atoms with Crippen LogP contribution in [0.1, 0.15) is 32.6 Å². The molecule has 0 spiro atoms. The Morgan fingerprint density at radius 2 is 2.17 bits per heavy atom. The number of rotatable bonds is 4. The molecule has 0 aromatic rings. The lowest BCUT2D eigenvalue weighted by Gasteiger charge is -2.07. The van der Waals surface area contributed by atoms with E-state index in [2.05, 4.69) is 11.1 Å². The maximum atomic E-state index is 10.2. The SMILES string of the molecule is CC[C@H]1CCC(COS(=O)O)C1. The second-order valence-corrected chi connectivity index (χ2v) is 4.12. The zero-order chi connectivity index (χ0) is 8.97. The normalized spacial score (nSPS) is 32.2. The van der Waals surface area contributed by atoms with Crippen molar-refractivity contribution in [3.8, 4) is 0 Å². The van der Waals surface area contributed by atoms with Crippen LogP contribution in [0.5, 0.6) is 0 Å². The van der Waals surface area contributed by atoms with Gasteiger partial charge >= 0.3 is 11.4 Å². The first-order valence-corrected chi connectivity index (χ1v) is 5.49. The van der Waals surface area contributed by atoms with E-state index in [9.17, 15) is 4.21 Å². The number of hydrogen-bond acceptors (Lipinski definition) is 2. The minimum atomic E-state index is -2.07. The highest BCUT2D eigenvalue weighted by atomic mass is 32.2. The first kappa shape index (κ1) is 10.2. The quantitative estimate of drug-likeness (QED) is 0.693. The molecule has 0 saturated heterocycles. The zero-order valence-corrected chi connectivity index (χ0v) is 8.18. The molecule has 1 fully saturated rings. The van der Waals surface area contributed by atoms with Crippen LogP contribution in [0.4, 0.5) is 0 Å². The van der Waals surface area contributed by atoms with E-state index >= 15 is 0 Å². The van der Waals surface area contributed by atoms with E-state index in [1.807, 2.05) is 0 Å². The van der Waals surface area contributed by atoms with Gasteiger partial charge in [-0.1, -0.05) is 19.8 Å². The fourth-order valence-electron chi connectivity index (χ4n) is 1.86. The number of hydrogen-bond donors (Lipinski definition) is 1. The highest BCUT2D eigenvalue weighted by Gasteiger charge is 2.23. The summed E-state index contributed by atoms with van der Waals surface area (Å²) < 4.78 is 23.2. The lowest BCUT2D eigenvalue weighted by molar-refractivity contribution is 0.246. The Labute approximate surface area is 76.0 Å². The van der Waals surface area contributed by atoms with E-state index < -0.39 is 11.4 Å². The maximum Gasteiger partial charge on any atom is 0.301 e. The molecule has 1 N–H and O–H groups in total. The summed E-state index contributed by atoms with van der Waals surface area (Å²) in [5.41, 5.74) is 0. The summed E-state index contributed by atoms with van der Waals surface area (Å²) in [5, 5.41) is 0. The minimum Gasteiger partial charge on any atom is -0.284 e. The van der Waals surface area contributed by atoms with Gasteiger partial charge in [0, 0.05) is 0 Å². The molecular formula is C8H16O3S. The van der Waals surface area contributed by atoms with Crippen molar-refractivity contribution in [2.75, 3.05) is 6.61 Å². The second kappa shape index (κ2) is 4.94. The molecule has 1 saturated carbocycles. The predicted octanol–water partition coefficient (Wildman–Crippen LogP) is 1.97. The Morgan fingerprint density at radius 1 is 1.50 bits per heavy atom. The van der Waals surface area contributed by atoms with Gasteiger partial charge in [0.2, 0.25) is 0 Å². The Kier molecular flexibility index (Phi) is 4.18. The molecule has 2 unspecified atom stereocenters. The summed E-state index contributed by atoms with van der Waals surface area (Å²) in [5.74, 6) is 1.32. The van der Waals surface area contributed by atoms with E-state index in [0.717, 1.165) is 18.8 Å². The van der Waals surface area contributed by atoms with Crippen LogP contribution < -0.4 is 0 Å². The molecule has 1 aliphatic rings. The van der Waals surface area contributed by atoms with Gasteiger partial charge < -0.3 is 0 Å². The van der Waals surface area contributed by atoms with Gasteiger partial charge in [-0.15, -0.1) is 0 Å². The van der Waals surface area contributed by atoms with Gasteiger partial charge in [-0.2, -0.15) is 4.21 Å². The molecule has 0 radical (unpaired) electrons. The molecule has 3 atom stereocenters. The third-order valence-electron chi connectivity index (χ3n) is 2.63. The van der Waals surface area contributed by atoms with Crippen LogP contribution in [-0.4, -0.2) is 15.4 Å². The van der Waals surface area contributed by atoms with E-state index in [1.54, 1.807) is 0 Å². The fraction of sp³-hybridized carbons (Fsp3) is 1.00. The van der Waals surface area contributed by atoms with Gasteiger partial charge in [0.1, 0.15) is 0 Å². The molecule has 1 rings (SSSR count). The fourth-order valence-corrected chi connectivity index (χ4v) is 2.16. The highest BCUT2D eigenvalue weighted by molar-refractivity contribution is 7.74. The molecule has 72 valence electrons. The summed E-state index contributed by atoms with van der Waals surface area (Å²) in [6.07, 6.45) is 4.78. The van der Waals surface area contributed by atoms with Crippen molar-refractivity contribution in [1.29, 1.82) is 0 Å². The van der Waals surface area contributed by atoms with Gasteiger partial charge in [0.25, 0.3) is 0 Å². The van der Waals surface area contributed by atoms with Crippen molar-refractivity contribution in [3.63, 3.8) is 0 Å². The van der Waals surface area contributed by atoms with Crippen molar-refractivity contribution in [1.82, 2.24) is 0 Å². The monoisotopic (exact) mass is 192 g/mol. The highest BCUT2D eigenvalue weighted by Crippen LogP contribution is 2.32. The topological polar surface area (TPSA) is 46.5 Å². The molecule has 0 amide bonds. The summed E-state index contributed by atoms with van der Waals surface area (Å²) in [7, 11) is 0. The van der Waals surface area contributed by atoms with Gasteiger partial charge in [0.15, 0.2) is 0 Å². The van der Waals surface area contributed by atoms with Crippen LogP contribution in [0.2, 0.25) is 0 Å². The van der Waals surface area contributed by atoms with Gasteiger partial charge in [-0.3, -0.25) is 8.74 Å². The second-order valence-electron chi connectivity index (χ2n) is 3.45. The molecule has 0 aromatic heterocycles. The lowest BCUT2D eigenvalue weighted by atomic mass is 10.0. The summed E-state index contributed by atoms with van der Waals surface area (Å²) >= 11 is -2.07. The van der Waals surface area contributed by atoms with Gasteiger partial charge in [-0.25, -0.2) is 0 Å². The maximum absolute atomic E-state index is 10.2. The molecule has 0 bridgehead atoms. The average molecular weight is 192 g/mol. The predicted molar refractivity (Wildman–Crippen MR) is 47.8 cm³/mol. The summed E-state index contributed by atoms with van der Waals surface area (Å²) in [6.45, 7) is 2.64. The molecule has 3 nitrogen and oxygen atoms in total. The first-order valence-electron chi connectivity index (χ1n) is 4.46. The van der Waals surface area contributed by atoms with Crippen LogP contribution in [0, 0.1) is 11.8 Å². The summed E-state index contributed by atoms with van der Waals surface area (Å²) in [6, 6.07) is 0. The van der Waals surface area contributed by atoms with Crippen molar-refractivity contribution >= 4 is 11.4 Å². The first-order chi connectivity index (χ1) is 5.72. The van der Waals surface area contributed by atoms with E-state index in [4.69, 9.17) is 4.55 Å². The molecule has 1 aliphatic carbocycles. The lowest BCUT2D eigenvalue weighted by Crippen LogP contribution is -2.07. The molecule has 12 heavy (non-hydrogen) atoms. The van der Waals surface area contributed by atoms with Crippen LogP contribution in [0.3, 0.4) is 0 Å². The molecule has 0 aromatic carbocycles. The summed E-state index contributed by atoms with van der Waals surface area (Å²) in [4.78, 5) is 0. The smallest absolute Gasteiger partial charge is 0.284 e.